The molecule has 0 aromatic carbocycles. The summed E-state index contributed by atoms with van der Waals surface area (Å²) in [7, 11) is 1.91. The van der Waals surface area contributed by atoms with E-state index in [2.05, 4.69) is 5.10 Å². The first kappa shape index (κ1) is 15.5. The zero-order valence-electron chi connectivity index (χ0n) is 13.1. The Morgan fingerprint density at radius 1 is 1.38 bits per heavy atom. The smallest absolute Gasteiger partial charge is 0.222 e. The Morgan fingerprint density at radius 2 is 2.10 bits per heavy atom. The van der Waals surface area contributed by atoms with Gasteiger partial charge in [-0.15, -0.1) is 0 Å². The molecule has 2 rings (SSSR count). The molecule has 2 N–H and O–H groups in total. The Hall–Kier alpha value is -1.85. The van der Waals surface area contributed by atoms with Crippen LogP contribution in [0.1, 0.15) is 36.2 Å². The molecule has 1 aliphatic heterocycles. The summed E-state index contributed by atoms with van der Waals surface area (Å²) >= 11 is 0. The Kier molecular flexibility index (Phi) is 4.65. The van der Waals surface area contributed by atoms with E-state index in [0.717, 1.165) is 36.3 Å². The monoisotopic (exact) mass is 292 g/mol. The molecule has 0 bridgehead atoms. The van der Waals surface area contributed by atoms with Crippen molar-refractivity contribution in [3.8, 4) is 0 Å². The molecular formula is C15H24N4O2. The highest BCUT2D eigenvalue weighted by molar-refractivity contribution is 5.80. The van der Waals surface area contributed by atoms with Gasteiger partial charge in [-0.25, -0.2) is 0 Å². The predicted molar refractivity (Wildman–Crippen MR) is 79.5 cm³/mol. The van der Waals surface area contributed by atoms with Crippen molar-refractivity contribution in [2.75, 3.05) is 13.1 Å². The SMILES string of the molecule is Cc1nn(C)c(C)c1CCC(=O)N1CCC[C@H](C(N)=O)C1. The summed E-state index contributed by atoms with van der Waals surface area (Å²) in [5.41, 5.74) is 8.58. The fourth-order valence-corrected chi connectivity index (χ4v) is 3.01. The van der Waals surface area contributed by atoms with Gasteiger partial charge in [0.05, 0.1) is 11.6 Å². The number of amides is 2. The summed E-state index contributed by atoms with van der Waals surface area (Å²) in [6, 6.07) is 0. The lowest BCUT2D eigenvalue weighted by Crippen LogP contribution is -2.44. The Morgan fingerprint density at radius 3 is 2.67 bits per heavy atom. The first-order valence-corrected chi connectivity index (χ1v) is 7.46. The minimum absolute atomic E-state index is 0.101. The van der Waals surface area contributed by atoms with E-state index >= 15 is 0 Å². The molecule has 2 heterocycles. The van der Waals surface area contributed by atoms with E-state index < -0.39 is 0 Å². The third-order valence-electron chi connectivity index (χ3n) is 4.42. The van der Waals surface area contributed by atoms with Crippen LogP contribution in [0.5, 0.6) is 0 Å². The molecule has 0 saturated carbocycles. The fraction of sp³-hybridized carbons (Fsp3) is 0.667. The standard InChI is InChI=1S/C15H24N4O2/c1-10-13(11(2)18(3)17-10)6-7-14(20)19-8-4-5-12(9-19)15(16)21/h12H,4-9H2,1-3H3,(H2,16,21)/t12-/m0/s1. The third-order valence-corrected chi connectivity index (χ3v) is 4.42. The van der Waals surface area contributed by atoms with Crippen LogP contribution >= 0.6 is 0 Å². The van der Waals surface area contributed by atoms with E-state index in [9.17, 15) is 9.59 Å². The molecular weight excluding hydrogens is 268 g/mol. The van der Waals surface area contributed by atoms with Gasteiger partial charge in [-0.3, -0.25) is 14.3 Å². The van der Waals surface area contributed by atoms with Gasteiger partial charge in [0.2, 0.25) is 11.8 Å². The van der Waals surface area contributed by atoms with Gasteiger partial charge in [0, 0.05) is 32.3 Å². The molecule has 6 nitrogen and oxygen atoms in total. The Balaban J connectivity index is 1.94. The number of piperidine rings is 1. The van der Waals surface area contributed by atoms with Crippen LogP contribution in [0.2, 0.25) is 0 Å². The maximum atomic E-state index is 12.3. The molecule has 2 amide bonds. The van der Waals surface area contributed by atoms with Crippen molar-refractivity contribution in [3.05, 3.63) is 17.0 Å². The predicted octanol–water partition coefficient (Wildman–Crippen LogP) is 0.693. The number of hydrogen-bond acceptors (Lipinski definition) is 3. The minimum Gasteiger partial charge on any atom is -0.369 e. The molecule has 1 aliphatic rings. The van der Waals surface area contributed by atoms with Crippen LogP contribution in [0.15, 0.2) is 0 Å². The molecule has 1 saturated heterocycles. The molecule has 0 unspecified atom stereocenters. The van der Waals surface area contributed by atoms with Crippen molar-refractivity contribution in [1.29, 1.82) is 0 Å². The number of carbonyl (C=O) groups is 2. The highest BCUT2D eigenvalue weighted by Gasteiger charge is 2.26. The van der Waals surface area contributed by atoms with E-state index in [1.165, 1.54) is 0 Å². The van der Waals surface area contributed by atoms with Gasteiger partial charge in [-0.1, -0.05) is 0 Å². The molecule has 0 spiro atoms. The molecule has 0 aliphatic carbocycles. The average molecular weight is 292 g/mol. The number of nitrogens with zero attached hydrogens (tertiary/aromatic N) is 3. The lowest BCUT2D eigenvalue weighted by atomic mass is 9.97. The first-order valence-electron chi connectivity index (χ1n) is 7.46. The van der Waals surface area contributed by atoms with Crippen molar-refractivity contribution in [1.82, 2.24) is 14.7 Å². The third kappa shape index (κ3) is 3.43. The normalized spacial score (nSPS) is 18.8. The number of aryl methyl sites for hydroxylation is 2. The van der Waals surface area contributed by atoms with Crippen LogP contribution in [-0.4, -0.2) is 39.6 Å². The largest absolute Gasteiger partial charge is 0.369 e. The quantitative estimate of drug-likeness (QED) is 0.886. The molecule has 21 heavy (non-hydrogen) atoms. The molecule has 116 valence electrons. The van der Waals surface area contributed by atoms with Crippen LogP contribution in [0, 0.1) is 19.8 Å². The van der Waals surface area contributed by atoms with Crippen molar-refractivity contribution in [2.45, 2.75) is 39.5 Å². The molecule has 1 aromatic heterocycles. The first-order chi connectivity index (χ1) is 9.90. The molecule has 1 aromatic rings. The van der Waals surface area contributed by atoms with Crippen LogP contribution < -0.4 is 5.73 Å². The lowest BCUT2D eigenvalue weighted by Gasteiger charge is -2.31. The number of carbonyl (C=O) groups excluding carboxylic acids is 2. The molecule has 1 atom stereocenters. The zero-order valence-corrected chi connectivity index (χ0v) is 13.1. The van der Waals surface area contributed by atoms with E-state index in [-0.39, 0.29) is 17.7 Å². The van der Waals surface area contributed by atoms with E-state index in [0.29, 0.717) is 19.4 Å². The van der Waals surface area contributed by atoms with E-state index in [4.69, 9.17) is 5.73 Å². The van der Waals surface area contributed by atoms with Gasteiger partial charge in [0.25, 0.3) is 0 Å². The number of hydrogen-bond donors (Lipinski definition) is 1. The summed E-state index contributed by atoms with van der Waals surface area (Å²) in [4.78, 5) is 25.4. The summed E-state index contributed by atoms with van der Waals surface area (Å²) in [6.07, 6.45) is 2.80. The van der Waals surface area contributed by atoms with Crippen LogP contribution in [0.4, 0.5) is 0 Å². The molecule has 6 heteroatoms. The lowest BCUT2D eigenvalue weighted by molar-refractivity contribution is -0.134. The van der Waals surface area contributed by atoms with Crippen molar-refractivity contribution in [3.63, 3.8) is 0 Å². The van der Waals surface area contributed by atoms with Crippen molar-refractivity contribution >= 4 is 11.8 Å². The van der Waals surface area contributed by atoms with Gasteiger partial charge in [-0.05, 0) is 38.7 Å². The second kappa shape index (κ2) is 6.28. The Bertz CT molecular complexity index is 550. The second-order valence-corrected chi connectivity index (χ2v) is 5.85. The second-order valence-electron chi connectivity index (χ2n) is 5.85. The number of rotatable bonds is 4. The van der Waals surface area contributed by atoms with Gasteiger partial charge in [0.15, 0.2) is 0 Å². The topological polar surface area (TPSA) is 81.2 Å². The zero-order chi connectivity index (χ0) is 15.6. The number of likely N-dealkylation sites (tertiary alicyclic amines) is 1. The number of aromatic nitrogens is 2. The van der Waals surface area contributed by atoms with Crippen LogP contribution in [-0.2, 0) is 23.1 Å². The average Bonchev–Trinajstić information content (AvgIpc) is 2.70. The van der Waals surface area contributed by atoms with E-state index in [1.54, 1.807) is 4.90 Å². The van der Waals surface area contributed by atoms with Crippen molar-refractivity contribution in [2.24, 2.45) is 18.7 Å². The van der Waals surface area contributed by atoms with Crippen molar-refractivity contribution < 1.29 is 9.59 Å². The Labute approximate surface area is 125 Å². The highest BCUT2D eigenvalue weighted by Crippen LogP contribution is 2.19. The maximum absolute atomic E-state index is 12.3. The number of nitrogens with two attached hydrogens (primary N) is 1. The number of primary amides is 1. The highest BCUT2D eigenvalue weighted by atomic mass is 16.2. The summed E-state index contributed by atoms with van der Waals surface area (Å²) in [6.45, 7) is 5.19. The van der Waals surface area contributed by atoms with Gasteiger partial charge in [0.1, 0.15) is 0 Å². The molecule has 0 radical (unpaired) electrons. The van der Waals surface area contributed by atoms with Crippen LogP contribution in [0.3, 0.4) is 0 Å². The summed E-state index contributed by atoms with van der Waals surface area (Å²) in [5.74, 6) is -0.389. The fourth-order valence-electron chi connectivity index (χ4n) is 3.01. The van der Waals surface area contributed by atoms with Crippen LogP contribution in [0.25, 0.3) is 0 Å². The van der Waals surface area contributed by atoms with E-state index in [1.807, 2.05) is 25.6 Å². The van der Waals surface area contributed by atoms with Gasteiger partial charge >= 0.3 is 0 Å². The summed E-state index contributed by atoms with van der Waals surface area (Å²) in [5, 5.41) is 4.37. The maximum Gasteiger partial charge on any atom is 0.222 e. The van der Waals surface area contributed by atoms with Gasteiger partial charge < -0.3 is 10.6 Å². The minimum atomic E-state index is -0.300. The summed E-state index contributed by atoms with van der Waals surface area (Å²) < 4.78 is 1.85. The molecule has 1 fully saturated rings. The van der Waals surface area contributed by atoms with Gasteiger partial charge in [-0.2, -0.15) is 5.10 Å².